The van der Waals surface area contributed by atoms with E-state index in [1.54, 1.807) is 0 Å². The molecule has 1 aliphatic heterocycles. The van der Waals surface area contributed by atoms with Crippen LogP contribution in [0.25, 0.3) is 0 Å². The van der Waals surface area contributed by atoms with Gasteiger partial charge in [-0.05, 0) is 66.4 Å². The predicted molar refractivity (Wildman–Crippen MR) is 129 cm³/mol. The number of piperazine rings is 1. The lowest BCUT2D eigenvalue weighted by Gasteiger charge is -2.34. The van der Waals surface area contributed by atoms with Gasteiger partial charge in [-0.15, -0.1) is 0 Å². The van der Waals surface area contributed by atoms with E-state index in [4.69, 9.17) is 16.3 Å². The summed E-state index contributed by atoms with van der Waals surface area (Å²) in [5.74, 6) is 0.975. The Hall–Kier alpha value is -2.82. The second-order valence-electron chi connectivity index (χ2n) is 8.45. The van der Waals surface area contributed by atoms with E-state index in [0.29, 0.717) is 6.61 Å². The minimum Gasteiger partial charge on any atom is -0.489 e. The van der Waals surface area contributed by atoms with E-state index in [-0.39, 0.29) is 5.91 Å². The Labute approximate surface area is 195 Å². The Bertz CT molecular complexity index is 1070. The maximum atomic E-state index is 13.1. The minimum absolute atomic E-state index is 0.0877. The fraction of sp³-hybridized carbons (Fsp3) is 0.296. The lowest BCUT2D eigenvalue weighted by molar-refractivity contribution is 0.0628. The molecule has 3 aromatic rings. The summed E-state index contributed by atoms with van der Waals surface area (Å²) in [6.07, 6.45) is 0. The third kappa shape index (κ3) is 5.70. The van der Waals surface area contributed by atoms with Gasteiger partial charge in [0.15, 0.2) is 0 Å². The zero-order chi connectivity index (χ0) is 22.5. The first-order valence-corrected chi connectivity index (χ1v) is 11.4. The SMILES string of the molecule is Cc1ccc(C)c(OCc2cccc(C(=O)N3CCN(Cc4ccc(Cl)cc4)CC3)c2)c1. The minimum atomic E-state index is 0.0877. The monoisotopic (exact) mass is 448 g/mol. The van der Waals surface area contributed by atoms with Gasteiger partial charge in [0, 0.05) is 43.3 Å². The summed E-state index contributed by atoms with van der Waals surface area (Å²) < 4.78 is 6.02. The number of amides is 1. The van der Waals surface area contributed by atoms with Gasteiger partial charge in [0.05, 0.1) is 0 Å². The van der Waals surface area contributed by atoms with Gasteiger partial charge in [-0.3, -0.25) is 9.69 Å². The third-order valence-corrected chi connectivity index (χ3v) is 6.14. The average Bonchev–Trinajstić information content (AvgIpc) is 2.81. The van der Waals surface area contributed by atoms with E-state index >= 15 is 0 Å². The van der Waals surface area contributed by atoms with Crippen LogP contribution in [0.1, 0.15) is 32.6 Å². The van der Waals surface area contributed by atoms with Gasteiger partial charge in [-0.2, -0.15) is 0 Å². The fourth-order valence-electron chi connectivity index (χ4n) is 3.96. The van der Waals surface area contributed by atoms with E-state index < -0.39 is 0 Å². The highest BCUT2D eigenvalue weighted by Gasteiger charge is 2.22. The second kappa shape index (κ2) is 10.2. The number of benzene rings is 3. The summed E-state index contributed by atoms with van der Waals surface area (Å²) in [4.78, 5) is 17.4. The number of carbonyl (C=O) groups excluding carboxylic acids is 1. The van der Waals surface area contributed by atoms with Crippen LogP contribution in [-0.2, 0) is 13.2 Å². The highest BCUT2D eigenvalue weighted by molar-refractivity contribution is 6.30. The zero-order valence-corrected chi connectivity index (χ0v) is 19.4. The normalized spacial score (nSPS) is 14.4. The molecular weight excluding hydrogens is 420 g/mol. The van der Waals surface area contributed by atoms with Crippen molar-refractivity contribution in [2.75, 3.05) is 26.2 Å². The summed E-state index contributed by atoms with van der Waals surface area (Å²) in [6.45, 7) is 8.62. The van der Waals surface area contributed by atoms with Crippen LogP contribution in [0.15, 0.2) is 66.7 Å². The van der Waals surface area contributed by atoms with Gasteiger partial charge in [0.1, 0.15) is 12.4 Å². The number of rotatable bonds is 6. The fourth-order valence-corrected chi connectivity index (χ4v) is 4.08. The molecular formula is C27H29ClN2O2. The van der Waals surface area contributed by atoms with Crippen molar-refractivity contribution in [3.8, 4) is 5.75 Å². The Morgan fingerprint density at radius 3 is 2.41 bits per heavy atom. The molecule has 0 unspecified atom stereocenters. The molecule has 166 valence electrons. The number of ether oxygens (including phenoxy) is 1. The standard InChI is InChI=1S/C27H29ClN2O2/c1-20-6-7-21(2)26(16-20)32-19-23-4-3-5-24(17-23)27(31)30-14-12-29(13-15-30)18-22-8-10-25(28)11-9-22/h3-11,16-17H,12-15,18-19H2,1-2H3. The summed E-state index contributed by atoms with van der Waals surface area (Å²) in [7, 11) is 0. The summed E-state index contributed by atoms with van der Waals surface area (Å²) in [6, 6.07) is 22.0. The summed E-state index contributed by atoms with van der Waals surface area (Å²) in [5.41, 5.74) is 5.24. The average molecular weight is 449 g/mol. The van der Waals surface area contributed by atoms with Gasteiger partial charge < -0.3 is 9.64 Å². The van der Waals surface area contributed by atoms with Gasteiger partial charge >= 0.3 is 0 Å². The smallest absolute Gasteiger partial charge is 0.253 e. The van der Waals surface area contributed by atoms with Gasteiger partial charge in [0.25, 0.3) is 5.91 Å². The van der Waals surface area contributed by atoms with Crippen LogP contribution in [0.5, 0.6) is 5.75 Å². The van der Waals surface area contributed by atoms with Gasteiger partial charge in [-0.25, -0.2) is 0 Å². The van der Waals surface area contributed by atoms with Crippen molar-refractivity contribution < 1.29 is 9.53 Å². The first-order valence-electron chi connectivity index (χ1n) is 11.0. The molecule has 3 aromatic carbocycles. The molecule has 0 N–H and O–H groups in total. The Balaban J connectivity index is 1.32. The van der Waals surface area contributed by atoms with Crippen molar-refractivity contribution in [1.29, 1.82) is 0 Å². The lowest BCUT2D eigenvalue weighted by atomic mass is 10.1. The topological polar surface area (TPSA) is 32.8 Å². The highest BCUT2D eigenvalue weighted by Crippen LogP contribution is 2.21. The molecule has 1 heterocycles. The molecule has 0 atom stereocenters. The molecule has 0 radical (unpaired) electrons. The molecule has 4 rings (SSSR count). The number of halogens is 1. The van der Waals surface area contributed by atoms with Crippen LogP contribution in [0.4, 0.5) is 0 Å². The maximum Gasteiger partial charge on any atom is 0.253 e. The first kappa shape index (κ1) is 22.4. The lowest BCUT2D eigenvalue weighted by Crippen LogP contribution is -2.48. The summed E-state index contributed by atoms with van der Waals surface area (Å²) in [5, 5.41) is 0.755. The van der Waals surface area contributed by atoms with Gasteiger partial charge in [-0.1, -0.05) is 48.0 Å². The predicted octanol–water partition coefficient (Wildman–Crippen LogP) is 5.49. The first-order chi connectivity index (χ1) is 15.5. The largest absolute Gasteiger partial charge is 0.489 e. The molecule has 0 spiro atoms. The van der Waals surface area contributed by atoms with Crippen molar-refractivity contribution in [1.82, 2.24) is 9.80 Å². The van der Waals surface area contributed by atoms with Gasteiger partial charge in [0.2, 0.25) is 0 Å². The molecule has 32 heavy (non-hydrogen) atoms. The molecule has 0 aliphatic carbocycles. The maximum absolute atomic E-state index is 13.1. The zero-order valence-electron chi connectivity index (χ0n) is 18.7. The number of nitrogens with zero attached hydrogens (tertiary/aromatic N) is 2. The van der Waals surface area contributed by atoms with Crippen molar-refractivity contribution in [3.05, 3.63) is 99.6 Å². The molecule has 1 saturated heterocycles. The van der Waals surface area contributed by atoms with Crippen LogP contribution >= 0.6 is 11.6 Å². The Morgan fingerprint density at radius 2 is 1.66 bits per heavy atom. The van der Waals surface area contributed by atoms with Crippen molar-refractivity contribution in [3.63, 3.8) is 0 Å². The third-order valence-electron chi connectivity index (χ3n) is 5.89. The van der Waals surface area contributed by atoms with E-state index in [1.165, 1.54) is 11.1 Å². The van der Waals surface area contributed by atoms with E-state index in [1.807, 2.05) is 54.3 Å². The molecule has 4 nitrogen and oxygen atoms in total. The van der Waals surface area contributed by atoms with Crippen LogP contribution in [0.2, 0.25) is 5.02 Å². The molecule has 1 fully saturated rings. The van der Waals surface area contributed by atoms with Crippen molar-refractivity contribution >= 4 is 17.5 Å². The van der Waals surface area contributed by atoms with Crippen LogP contribution in [0.3, 0.4) is 0 Å². The number of aryl methyl sites for hydroxylation is 2. The Morgan fingerprint density at radius 1 is 0.906 bits per heavy atom. The van der Waals surface area contributed by atoms with E-state index in [9.17, 15) is 4.79 Å². The molecule has 1 amide bonds. The molecule has 0 bridgehead atoms. The molecule has 1 aliphatic rings. The number of hydrogen-bond donors (Lipinski definition) is 0. The van der Waals surface area contributed by atoms with Crippen molar-refractivity contribution in [2.45, 2.75) is 27.0 Å². The van der Waals surface area contributed by atoms with E-state index in [0.717, 1.165) is 60.2 Å². The quantitative estimate of drug-likeness (QED) is 0.499. The van der Waals surface area contributed by atoms with Crippen LogP contribution in [-0.4, -0.2) is 41.9 Å². The number of hydrogen-bond acceptors (Lipinski definition) is 3. The van der Waals surface area contributed by atoms with E-state index in [2.05, 4.69) is 36.1 Å². The molecule has 0 saturated carbocycles. The summed E-state index contributed by atoms with van der Waals surface area (Å²) >= 11 is 5.98. The van der Waals surface area contributed by atoms with Crippen molar-refractivity contribution in [2.24, 2.45) is 0 Å². The number of carbonyl (C=O) groups is 1. The van der Waals surface area contributed by atoms with Crippen LogP contribution < -0.4 is 4.74 Å². The Kier molecular flexibility index (Phi) is 7.13. The molecule has 5 heteroatoms. The molecule has 0 aromatic heterocycles. The second-order valence-corrected chi connectivity index (χ2v) is 8.89. The van der Waals surface area contributed by atoms with Crippen LogP contribution in [0, 0.1) is 13.8 Å². The highest BCUT2D eigenvalue weighted by atomic mass is 35.5.